The van der Waals surface area contributed by atoms with Crippen LogP contribution in [0, 0.1) is 0 Å². The van der Waals surface area contributed by atoms with Crippen LogP contribution < -0.4 is 10.6 Å². The summed E-state index contributed by atoms with van der Waals surface area (Å²) in [7, 11) is -10.5. The zero-order valence-electron chi connectivity index (χ0n) is 17.5. The topological polar surface area (TPSA) is 279 Å². The van der Waals surface area contributed by atoms with E-state index in [0.717, 1.165) is 12.3 Å². The number of ketones is 1. The van der Waals surface area contributed by atoms with Crippen molar-refractivity contribution in [3.05, 3.63) is 18.3 Å². The summed E-state index contributed by atoms with van der Waals surface area (Å²) in [4.78, 5) is 86.3. The molecule has 2 rings (SSSR count). The molecule has 17 nitrogen and oxygen atoms in total. The van der Waals surface area contributed by atoms with Gasteiger partial charge in [0, 0.05) is 6.42 Å². The Kier molecular flexibility index (Phi) is 9.22. The third-order valence-electron chi connectivity index (χ3n) is 4.30. The third-order valence-corrected chi connectivity index (χ3v) is 7.64. The van der Waals surface area contributed by atoms with Crippen molar-refractivity contribution in [3.63, 3.8) is 0 Å². The molecule has 3 atom stereocenters. The monoisotopic (exact) mass is 541 g/mol. The van der Waals surface area contributed by atoms with Gasteiger partial charge in [-0.05, 0) is 12.1 Å². The van der Waals surface area contributed by atoms with Gasteiger partial charge in [-0.1, -0.05) is 0 Å². The zero-order chi connectivity index (χ0) is 26.6. The van der Waals surface area contributed by atoms with Gasteiger partial charge in [-0.15, -0.1) is 0 Å². The Bertz CT molecular complexity index is 1050. The number of cyclic esters (lactones) is 1. The molecule has 194 valence electrons. The van der Waals surface area contributed by atoms with E-state index in [1.807, 2.05) is 5.32 Å². The molecule has 1 saturated heterocycles. The number of hydrogen-bond acceptors (Lipinski definition) is 12. The average molecular weight is 541 g/mol. The van der Waals surface area contributed by atoms with Gasteiger partial charge < -0.3 is 49.9 Å². The van der Waals surface area contributed by atoms with Gasteiger partial charge in [-0.2, -0.15) is 0 Å². The van der Waals surface area contributed by atoms with Crippen molar-refractivity contribution < 1.29 is 67.6 Å². The number of carbonyl (C=O) groups excluding carboxylic acids is 4. The number of carbonyl (C=O) groups is 4. The van der Waals surface area contributed by atoms with E-state index in [2.05, 4.69) is 15.0 Å². The zero-order valence-corrected chi connectivity index (χ0v) is 19.2. The first-order valence-corrected chi connectivity index (χ1v) is 12.8. The van der Waals surface area contributed by atoms with Gasteiger partial charge in [-0.25, -0.2) is 9.78 Å². The lowest BCUT2D eigenvalue weighted by Gasteiger charge is -2.21. The molecule has 0 bridgehead atoms. The minimum atomic E-state index is -5.24. The number of ether oxygens (including phenoxy) is 2. The summed E-state index contributed by atoms with van der Waals surface area (Å²) in [5.74, 6) is -4.23. The van der Waals surface area contributed by atoms with E-state index in [0.29, 0.717) is 0 Å². The van der Waals surface area contributed by atoms with Gasteiger partial charge in [0.05, 0.1) is 18.3 Å². The van der Waals surface area contributed by atoms with Crippen LogP contribution in [0.3, 0.4) is 0 Å². The number of anilines is 2. The van der Waals surface area contributed by atoms with Crippen molar-refractivity contribution in [2.45, 2.75) is 36.7 Å². The van der Waals surface area contributed by atoms with Gasteiger partial charge in [0.1, 0.15) is 18.5 Å². The molecule has 0 saturated carbocycles. The molecule has 0 aliphatic carbocycles. The summed E-state index contributed by atoms with van der Waals surface area (Å²) < 4.78 is 31.7. The van der Waals surface area contributed by atoms with Crippen molar-refractivity contribution in [1.82, 2.24) is 4.98 Å². The number of nitrogens with zero attached hydrogens (tertiary/aromatic N) is 1. The second-order valence-corrected chi connectivity index (χ2v) is 10.9. The van der Waals surface area contributed by atoms with Crippen molar-refractivity contribution >= 4 is 50.3 Å². The van der Waals surface area contributed by atoms with E-state index in [1.54, 1.807) is 0 Å². The maximum absolute atomic E-state index is 12.0. The quantitative estimate of drug-likeness (QED) is 0.0824. The van der Waals surface area contributed by atoms with Crippen molar-refractivity contribution in [1.29, 1.82) is 0 Å². The highest BCUT2D eigenvalue weighted by Crippen LogP contribution is 2.59. The Labute approximate surface area is 195 Å². The number of aliphatic hydroxyl groups excluding tert-OH is 2. The van der Waals surface area contributed by atoms with Crippen LogP contribution in [-0.4, -0.2) is 88.8 Å². The molecule has 1 amide bonds. The number of aliphatic hydroxyl groups is 2. The average Bonchev–Trinajstić information content (AvgIpc) is 3.01. The largest absolute Gasteiger partial charge is 0.463 e. The van der Waals surface area contributed by atoms with Crippen LogP contribution in [0.5, 0.6) is 0 Å². The first-order chi connectivity index (χ1) is 16.1. The van der Waals surface area contributed by atoms with Gasteiger partial charge in [0.15, 0.2) is 6.10 Å². The summed E-state index contributed by atoms with van der Waals surface area (Å²) in [6.07, 6.45) is -5.23. The summed E-state index contributed by atoms with van der Waals surface area (Å²) in [5.41, 5.74) is -2.44. The molecule has 0 radical (unpaired) electrons. The molecule has 8 N–H and O–H groups in total. The molecule has 1 fully saturated rings. The van der Waals surface area contributed by atoms with Crippen LogP contribution in [0.1, 0.15) is 12.8 Å². The Hall–Kier alpha value is -2.75. The summed E-state index contributed by atoms with van der Waals surface area (Å²) >= 11 is 0. The van der Waals surface area contributed by atoms with Gasteiger partial charge in [0.25, 0.3) is 0 Å². The molecule has 19 heteroatoms. The second-order valence-electron chi connectivity index (χ2n) is 7.09. The number of nitrogens with one attached hydrogen (secondary N) is 2. The van der Waals surface area contributed by atoms with Crippen LogP contribution in [-0.2, 0) is 37.8 Å². The maximum Gasteiger partial charge on any atom is 0.360 e. The molecule has 0 aromatic carbocycles. The molecular weight excluding hydrogens is 520 g/mol. The van der Waals surface area contributed by atoms with Crippen molar-refractivity contribution in [3.8, 4) is 0 Å². The van der Waals surface area contributed by atoms with E-state index in [1.165, 1.54) is 6.07 Å². The fourth-order valence-electron chi connectivity index (χ4n) is 2.61. The van der Waals surface area contributed by atoms with Crippen LogP contribution in [0.25, 0.3) is 0 Å². The molecule has 1 aliphatic heterocycles. The van der Waals surface area contributed by atoms with Crippen LogP contribution in [0.4, 0.5) is 11.5 Å². The second kappa shape index (κ2) is 11.3. The fourth-order valence-corrected chi connectivity index (χ4v) is 4.78. The SMILES string of the molecule is O=C(CCC(=O)OCC(O)C1OC(=O)C(O)C1=O)Nc1ccc(NC(P(=O)(O)O)P(=O)(O)O)nc1. The highest BCUT2D eigenvalue weighted by atomic mass is 31.2. The molecule has 2 heterocycles. The van der Waals surface area contributed by atoms with E-state index in [9.17, 15) is 38.5 Å². The van der Waals surface area contributed by atoms with Gasteiger partial charge in [0.2, 0.25) is 23.3 Å². The highest BCUT2D eigenvalue weighted by molar-refractivity contribution is 7.71. The van der Waals surface area contributed by atoms with E-state index in [4.69, 9.17) is 24.3 Å². The molecular formula is C16H21N3O14P2. The smallest absolute Gasteiger partial charge is 0.360 e. The van der Waals surface area contributed by atoms with Crippen LogP contribution in [0.15, 0.2) is 18.3 Å². The molecule has 3 unspecified atom stereocenters. The molecule has 1 aliphatic rings. The predicted molar refractivity (Wildman–Crippen MR) is 111 cm³/mol. The standard InChI is InChI=1S/C16H21N3O14P2/c20-8(14-12(23)13(24)15(25)33-14)6-32-11(22)4-3-10(21)18-7-1-2-9(17-5-7)19-16(34(26,27)28)35(29,30)31/h1-2,5,8,13-14,16,20,24H,3-4,6H2,(H,17,19)(H,18,21)(H2,26,27,28)(H2,29,30,31). The number of hydrogen-bond donors (Lipinski definition) is 8. The number of amides is 1. The lowest BCUT2D eigenvalue weighted by atomic mass is 10.1. The van der Waals surface area contributed by atoms with E-state index < -0.39 is 75.7 Å². The third kappa shape index (κ3) is 8.16. The summed E-state index contributed by atoms with van der Waals surface area (Å²) in [6.45, 7) is -0.737. The predicted octanol–water partition coefficient (Wildman–Crippen LogP) is -2.39. The number of pyridine rings is 1. The summed E-state index contributed by atoms with van der Waals surface area (Å²) in [5, 5.41) is 23.2. The van der Waals surface area contributed by atoms with Crippen LogP contribution in [0.2, 0.25) is 0 Å². The normalized spacial score (nSPS) is 19.3. The lowest BCUT2D eigenvalue weighted by molar-refractivity contribution is -0.157. The highest BCUT2D eigenvalue weighted by Gasteiger charge is 2.46. The minimum Gasteiger partial charge on any atom is -0.463 e. The Morgan fingerprint density at radius 2 is 1.74 bits per heavy atom. The minimum absolute atomic E-state index is 0.0772. The van der Waals surface area contributed by atoms with Gasteiger partial charge in [-0.3, -0.25) is 23.5 Å². The molecule has 1 aromatic rings. The number of esters is 2. The van der Waals surface area contributed by atoms with E-state index >= 15 is 0 Å². The maximum atomic E-state index is 12.0. The van der Waals surface area contributed by atoms with Gasteiger partial charge >= 0.3 is 27.1 Å². The molecule has 0 spiro atoms. The first-order valence-electron chi connectivity index (χ1n) is 9.48. The molecule has 35 heavy (non-hydrogen) atoms. The first kappa shape index (κ1) is 28.5. The lowest BCUT2D eigenvalue weighted by Crippen LogP contribution is -2.38. The summed E-state index contributed by atoms with van der Waals surface area (Å²) in [6, 6.07) is 2.28. The molecule has 1 aromatic heterocycles. The fraction of sp³-hybridized carbons (Fsp3) is 0.438. The Morgan fingerprint density at radius 1 is 1.11 bits per heavy atom. The number of aromatic nitrogens is 1. The Morgan fingerprint density at radius 3 is 2.23 bits per heavy atom. The number of Topliss-reactive ketones (excluding diaryl/α,β-unsaturated/α-hetero) is 1. The van der Waals surface area contributed by atoms with Crippen LogP contribution >= 0.6 is 15.2 Å². The Balaban J connectivity index is 1.79. The van der Waals surface area contributed by atoms with Crippen molar-refractivity contribution in [2.24, 2.45) is 0 Å². The van der Waals surface area contributed by atoms with Crippen molar-refractivity contribution in [2.75, 3.05) is 17.2 Å². The number of rotatable bonds is 11. The van der Waals surface area contributed by atoms with E-state index in [-0.39, 0.29) is 17.9 Å².